The molecule has 262 valence electrons. The monoisotopic (exact) mass is 700 g/mol. The average Bonchev–Trinajstić information content (AvgIpc) is 3.16. The van der Waals surface area contributed by atoms with Crippen molar-refractivity contribution in [2.75, 3.05) is 30.5 Å². The number of phenolic OH excluding ortho intramolecular Hbond substituents is 1. The molecule has 9 nitrogen and oxygen atoms in total. The molecule has 0 unspecified atom stereocenters. The Morgan fingerprint density at radius 3 is 1.43 bits per heavy atom. The van der Waals surface area contributed by atoms with Gasteiger partial charge in [0.2, 0.25) is 0 Å². The number of benzene rings is 6. The number of rotatable bonds is 6. The lowest BCUT2D eigenvalue weighted by Crippen LogP contribution is -2.23. The zero-order valence-corrected chi connectivity index (χ0v) is 29.4. The molecule has 9 heteroatoms. The third-order valence-corrected chi connectivity index (χ3v) is 9.22. The maximum atomic E-state index is 13.1. The van der Waals surface area contributed by atoms with Crippen LogP contribution in [0.25, 0.3) is 0 Å². The lowest BCUT2D eigenvalue weighted by Gasteiger charge is -2.22. The molecular formula is C44H36N4O5. The molecule has 6 aromatic rings. The first-order valence-corrected chi connectivity index (χ1v) is 17.0. The number of carbonyl (C=O) groups excluding carboxylic acids is 4. The predicted molar refractivity (Wildman–Crippen MR) is 207 cm³/mol. The molecule has 0 fully saturated rings. The Labute approximate surface area is 306 Å². The van der Waals surface area contributed by atoms with E-state index in [1.165, 1.54) is 11.6 Å². The van der Waals surface area contributed by atoms with Gasteiger partial charge in [-0.2, -0.15) is 0 Å². The van der Waals surface area contributed by atoms with Crippen molar-refractivity contribution in [3.8, 4) is 5.75 Å². The molecule has 0 saturated carbocycles. The number of fused-ring (bicyclic) bond motifs is 4. The van der Waals surface area contributed by atoms with E-state index >= 15 is 0 Å². The summed E-state index contributed by atoms with van der Waals surface area (Å²) in [7, 11) is 4.04. The summed E-state index contributed by atoms with van der Waals surface area (Å²) in [6.07, 6.45) is 0. The zero-order chi connectivity index (χ0) is 37.4. The molecule has 0 amide bonds. The van der Waals surface area contributed by atoms with Crippen LogP contribution in [0.4, 0.5) is 28.4 Å². The highest BCUT2D eigenvalue weighted by molar-refractivity contribution is 6.32. The molecule has 0 saturated heterocycles. The molecule has 0 atom stereocenters. The van der Waals surface area contributed by atoms with E-state index in [0.717, 1.165) is 23.5 Å². The number of nitrogens with zero attached hydrogens (tertiary/aromatic N) is 1. The summed E-state index contributed by atoms with van der Waals surface area (Å²) in [5.74, 6) is -1.19. The molecule has 5 N–H and O–H groups in total. The van der Waals surface area contributed by atoms with E-state index in [0.29, 0.717) is 44.9 Å². The molecule has 2 aliphatic rings. The van der Waals surface area contributed by atoms with Gasteiger partial charge in [0.25, 0.3) is 0 Å². The number of aryl methyl sites for hydroxylation is 1. The Morgan fingerprint density at radius 1 is 0.528 bits per heavy atom. The molecule has 0 bridgehead atoms. The van der Waals surface area contributed by atoms with Crippen molar-refractivity contribution in [3.63, 3.8) is 0 Å². The maximum absolute atomic E-state index is 13.1. The second-order valence-electron chi connectivity index (χ2n) is 13.3. The predicted octanol–water partition coefficient (Wildman–Crippen LogP) is 8.07. The second kappa shape index (κ2) is 14.1. The molecule has 2 aliphatic carbocycles. The normalized spacial score (nSPS) is 12.6. The fourth-order valence-corrected chi connectivity index (χ4v) is 6.67. The van der Waals surface area contributed by atoms with Crippen LogP contribution in [0.1, 0.15) is 74.8 Å². The first-order valence-electron chi connectivity index (χ1n) is 17.0. The van der Waals surface area contributed by atoms with Gasteiger partial charge in [0.05, 0.1) is 33.6 Å². The van der Waals surface area contributed by atoms with E-state index in [1.54, 1.807) is 66.7 Å². The van der Waals surface area contributed by atoms with Crippen LogP contribution < -0.4 is 16.4 Å². The number of aromatic hydroxyl groups is 1. The molecule has 6 aromatic carbocycles. The van der Waals surface area contributed by atoms with Gasteiger partial charge in [0, 0.05) is 45.9 Å². The largest absolute Gasteiger partial charge is 0.507 e. The number of carbonyl (C=O) groups is 4. The summed E-state index contributed by atoms with van der Waals surface area (Å²) >= 11 is 0. The lowest BCUT2D eigenvalue weighted by molar-refractivity contribution is 0.0977. The Bertz CT molecular complexity index is 2450. The number of nitrogen functional groups attached to an aromatic ring is 1. The summed E-state index contributed by atoms with van der Waals surface area (Å²) in [5.41, 5.74) is 13.8. The van der Waals surface area contributed by atoms with Crippen LogP contribution in [0.3, 0.4) is 0 Å². The van der Waals surface area contributed by atoms with Gasteiger partial charge >= 0.3 is 0 Å². The van der Waals surface area contributed by atoms with Gasteiger partial charge in [-0.1, -0.05) is 78.4 Å². The van der Waals surface area contributed by atoms with Crippen molar-refractivity contribution in [1.29, 1.82) is 0 Å². The van der Waals surface area contributed by atoms with Gasteiger partial charge in [-0.3, -0.25) is 19.2 Å². The van der Waals surface area contributed by atoms with Crippen LogP contribution in [-0.4, -0.2) is 47.2 Å². The summed E-state index contributed by atoms with van der Waals surface area (Å²) in [5, 5.41) is 16.7. The highest BCUT2D eigenvalue weighted by Crippen LogP contribution is 2.39. The van der Waals surface area contributed by atoms with Gasteiger partial charge in [-0.15, -0.1) is 0 Å². The highest BCUT2D eigenvalue weighted by Gasteiger charge is 2.35. The SMILES string of the molecule is CN(C)Cc1ccc(Nc2ccc(N)c3c2C(=O)c2ccccc2C3=O)cc1.Cc1ccc(Nc2ccc(O)c3c2C(=O)c2ccccc2C3=O)cc1. The van der Waals surface area contributed by atoms with Crippen LogP contribution in [0.15, 0.2) is 121 Å². The van der Waals surface area contributed by atoms with Gasteiger partial charge in [-0.25, -0.2) is 0 Å². The van der Waals surface area contributed by atoms with E-state index in [4.69, 9.17) is 5.73 Å². The molecule has 0 spiro atoms. The van der Waals surface area contributed by atoms with E-state index in [2.05, 4.69) is 15.5 Å². The van der Waals surface area contributed by atoms with Crippen molar-refractivity contribution in [1.82, 2.24) is 4.90 Å². The van der Waals surface area contributed by atoms with Crippen molar-refractivity contribution in [2.24, 2.45) is 0 Å². The van der Waals surface area contributed by atoms with Crippen LogP contribution in [0, 0.1) is 6.92 Å². The minimum Gasteiger partial charge on any atom is -0.507 e. The smallest absolute Gasteiger partial charge is 0.198 e. The summed E-state index contributed by atoms with van der Waals surface area (Å²) in [6, 6.07) is 35.7. The van der Waals surface area contributed by atoms with E-state index in [9.17, 15) is 24.3 Å². The molecule has 0 aliphatic heterocycles. The second-order valence-corrected chi connectivity index (χ2v) is 13.3. The Balaban J connectivity index is 0.000000165. The van der Waals surface area contributed by atoms with Crippen molar-refractivity contribution < 1.29 is 24.3 Å². The summed E-state index contributed by atoms with van der Waals surface area (Å²) in [4.78, 5) is 53.9. The maximum Gasteiger partial charge on any atom is 0.198 e. The number of nitrogens with one attached hydrogen (secondary N) is 2. The molecule has 0 radical (unpaired) electrons. The van der Waals surface area contributed by atoms with Crippen LogP contribution in [0.2, 0.25) is 0 Å². The summed E-state index contributed by atoms with van der Waals surface area (Å²) < 4.78 is 0. The van der Waals surface area contributed by atoms with Gasteiger partial charge < -0.3 is 26.4 Å². The number of phenols is 1. The minimum atomic E-state index is -0.338. The van der Waals surface area contributed by atoms with Crippen LogP contribution >= 0.6 is 0 Å². The van der Waals surface area contributed by atoms with Crippen molar-refractivity contribution in [3.05, 3.63) is 177 Å². The first kappa shape index (κ1) is 34.6. The number of ketones is 4. The van der Waals surface area contributed by atoms with E-state index in [-0.39, 0.29) is 45.6 Å². The van der Waals surface area contributed by atoms with E-state index < -0.39 is 0 Å². The Morgan fingerprint density at radius 2 is 0.943 bits per heavy atom. The topological polar surface area (TPSA) is 142 Å². The molecular weight excluding hydrogens is 665 g/mol. The molecule has 0 heterocycles. The highest BCUT2D eigenvalue weighted by atomic mass is 16.3. The number of nitrogens with two attached hydrogens (primary N) is 1. The van der Waals surface area contributed by atoms with Crippen molar-refractivity contribution in [2.45, 2.75) is 13.5 Å². The fourth-order valence-electron chi connectivity index (χ4n) is 6.67. The van der Waals surface area contributed by atoms with E-state index in [1.807, 2.05) is 69.6 Å². The van der Waals surface area contributed by atoms with Gasteiger partial charge in [-0.05, 0) is 75.1 Å². The number of anilines is 5. The molecule has 8 rings (SSSR count). The Kier molecular flexibility index (Phi) is 9.18. The lowest BCUT2D eigenvalue weighted by atomic mass is 9.82. The molecule has 0 aromatic heterocycles. The standard InChI is InChI=1S/C23H21N3O2.C21H15NO3/c1-26(2)13-14-7-9-15(10-8-14)25-19-12-11-18(24)20-21(19)23(28)17-6-4-3-5-16(17)22(20)27;1-12-6-8-13(9-7-12)22-16-10-11-17(23)19-18(16)20(24)14-4-2-3-5-15(14)21(19)25/h3-12,25H,13,24H2,1-2H3;2-11,22-23H,1H3. The Hall–Kier alpha value is -6.84. The van der Waals surface area contributed by atoms with Crippen LogP contribution in [-0.2, 0) is 6.54 Å². The first-order chi connectivity index (χ1) is 25.5. The quantitative estimate of drug-likeness (QED) is 0.100. The third-order valence-electron chi connectivity index (χ3n) is 9.22. The third kappa shape index (κ3) is 6.57. The number of hydrogen-bond donors (Lipinski definition) is 4. The summed E-state index contributed by atoms with van der Waals surface area (Å²) in [6.45, 7) is 2.84. The fraction of sp³-hybridized carbons (Fsp3) is 0.0909. The van der Waals surface area contributed by atoms with Gasteiger partial charge in [0.1, 0.15) is 5.75 Å². The average molecular weight is 701 g/mol. The van der Waals surface area contributed by atoms with Gasteiger partial charge in [0.15, 0.2) is 23.1 Å². The zero-order valence-electron chi connectivity index (χ0n) is 29.4. The minimum absolute atomic E-state index is 0.0563. The van der Waals surface area contributed by atoms with Crippen molar-refractivity contribution >= 4 is 51.6 Å². The number of hydrogen-bond acceptors (Lipinski definition) is 9. The molecule has 53 heavy (non-hydrogen) atoms. The van der Waals surface area contributed by atoms with Crippen LogP contribution in [0.5, 0.6) is 5.75 Å².